The third kappa shape index (κ3) is 3.93. The molecule has 3 aromatic rings. The van der Waals surface area contributed by atoms with Gasteiger partial charge >= 0.3 is 0 Å². The van der Waals surface area contributed by atoms with Crippen LogP contribution in [0.1, 0.15) is 34.6 Å². The van der Waals surface area contributed by atoms with Crippen LogP contribution in [0.15, 0.2) is 46.7 Å². The monoisotopic (exact) mass is 487 g/mol. The van der Waals surface area contributed by atoms with Gasteiger partial charge in [0.15, 0.2) is 16.6 Å². The molecule has 9 nitrogen and oxygen atoms in total. The lowest BCUT2D eigenvalue weighted by atomic mass is 10.1. The van der Waals surface area contributed by atoms with E-state index in [1.54, 1.807) is 45.6 Å². The van der Waals surface area contributed by atoms with Crippen LogP contribution in [-0.2, 0) is 10.0 Å². The van der Waals surface area contributed by atoms with Crippen LogP contribution in [0.3, 0.4) is 0 Å². The molecule has 1 aromatic heterocycles. The highest BCUT2D eigenvalue weighted by Crippen LogP contribution is 2.35. The van der Waals surface area contributed by atoms with Crippen molar-refractivity contribution in [2.24, 2.45) is 0 Å². The SMILES string of the molecule is COc1ccc(-c2csc(NC(=O)c3ccc4c(c3)S(=O)(=O)N(C(C)C)C4=O)n2)cc1OC. The molecule has 2 amide bonds. The molecule has 0 spiro atoms. The van der Waals surface area contributed by atoms with Crippen LogP contribution in [0.5, 0.6) is 11.5 Å². The average Bonchev–Trinajstić information content (AvgIpc) is 3.33. The van der Waals surface area contributed by atoms with Crippen LogP contribution >= 0.6 is 11.3 Å². The van der Waals surface area contributed by atoms with Gasteiger partial charge in [-0.2, -0.15) is 0 Å². The highest BCUT2D eigenvalue weighted by Gasteiger charge is 2.42. The summed E-state index contributed by atoms with van der Waals surface area (Å²) in [4.78, 5) is 29.5. The molecule has 11 heteroatoms. The molecule has 33 heavy (non-hydrogen) atoms. The largest absolute Gasteiger partial charge is 0.493 e. The van der Waals surface area contributed by atoms with Gasteiger partial charge in [0, 0.05) is 22.5 Å². The summed E-state index contributed by atoms with van der Waals surface area (Å²) in [5.41, 5.74) is 1.58. The van der Waals surface area contributed by atoms with Gasteiger partial charge < -0.3 is 9.47 Å². The lowest BCUT2D eigenvalue weighted by molar-refractivity contribution is 0.0846. The number of thiazole rings is 1. The predicted molar refractivity (Wildman–Crippen MR) is 124 cm³/mol. The molecule has 0 atom stereocenters. The number of aromatic nitrogens is 1. The summed E-state index contributed by atoms with van der Waals surface area (Å²) >= 11 is 1.23. The van der Waals surface area contributed by atoms with E-state index in [1.807, 2.05) is 6.07 Å². The number of hydrogen-bond acceptors (Lipinski definition) is 8. The second kappa shape index (κ2) is 8.49. The van der Waals surface area contributed by atoms with Gasteiger partial charge in [-0.25, -0.2) is 17.7 Å². The van der Waals surface area contributed by atoms with Gasteiger partial charge in [-0.3, -0.25) is 14.9 Å². The van der Waals surface area contributed by atoms with Crippen molar-refractivity contribution in [1.82, 2.24) is 9.29 Å². The van der Waals surface area contributed by atoms with Crippen LogP contribution in [0, 0.1) is 0 Å². The number of carbonyl (C=O) groups is 2. The minimum atomic E-state index is -4.00. The Morgan fingerprint density at radius 3 is 2.48 bits per heavy atom. The summed E-state index contributed by atoms with van der Waals surface area (Å²) in [6.45, 7) is 3.24. The molecule has 0 aliphatic carbocycles. The topological polar surface area (TPSA) is 115 Å². The summed E-state index contributed by atoms with van der Waals surface area (Å²) in [6.07, 6.45) is 0. The first kappa shape index (κ1) is 22.7. The molecule has 0 saturated carbocycles. The van der Waals surface area contributed by atoms with Crippen LogP contribution in [0.2, 0.25) is 0 Å². The quantitative estimate of drug-likeness (QED) is 0.565. The number of fused-ring (bicyclic) bond motifs is 1. The van der Waals surface area contributed by atoms with Crippen molar-refractivity contribution >= 4 is 38.3 Å². The Morgan fingerprint density at radius 1 is 1.09 bits per heavy atom. The number of methoxy groups -OCH3 is 2. The van der Waals surface area contributed by atoms with Crippen LogP contribution < -0.4 is 14.8 Å². The first-order chi connectivity index (χ1) is 15.7. The zero-order valence-corrected chi connectivity index (χ0v) is 19.9. The first-order valence-corrected chi connectivity index (χ1v) is 12.2. The number of anilines is 1. The molecule has 0 fully saturated rings. The number of benzene rings is 2. The minimum absolute atomic E-state index is 0.0604. The summed E-state index contributed by atoms with van der Waals surface area (Å²) < 4.78 is 36.9. The van der Waals surface area contributed by atoms with Gasteiger partial charge in [0.05, 0.1) is 25.5 Å². The molecule has 1 aliphatic rings. The van der Waals surface area contributed by atoms with Crippen molar-refractivity contribution in [3.05, 3.63) is 52.9 Å². The maximum atomic E-state index is 12.8. The number of nitrogens with one attached hydrogen (secondary N) is 1. The number of sulfonamides is 1. The minimum Gasteiger partial charge on any atom is -0.493 e. The number of nitrogens with zero attached hydrogens (tertiary/aromatic N) is 2. The fraction of sp³-hybridized carbons (Fsp3) is 0.227. The Balaban J connectivity index is 1.57. The number of carbonyl (C=O) groups excluding carboxylic acids is 2. The summed E-state index contributed by atoms with van der Waals surface area (Å²) in [5.74, 6) is 0.0205. The molecule has 0 unspecified atom stereocenters. The molecule has 172 valence electrons. The molecular weight excluding hydrogens is 466 g/mol. The van der Waals surface area contributed by atoms with Crippen molar-refractivity contribution in [2.75, 3.05) is 19.5 Å². The van der Waals surface area contributed by atoms with Crippen molar-refractivity contribution in [3.8, 4) is 22.8 Å². The summed E-state index contributed by atoms with van der Waals surface area (Å²) in [7, 11) is -0.909. The Bertz CT molecular complexity index is 1360. The lowest BCUT2D eigenvalue weighted by Crippen LogP contribution is -2.36. The maximum Gasteiger partial charge on any atom is 0.269 e. The number of hydrogen-bond donors (Lipinski definition) is 1. The van der Waals surface area contributed by atoms with Gasteiger partial charge in [-0.1, -0.05) is 0 Å². The Labute approximate surface area is 195 Å². The number of rotatable bonds is 6. The number of ether oxygens (including phenoxy) is 2. The third-order valence-electron chi connectivity index (χ3n) is 5.08. The van der Waals surface area contributed by atoms with Gasteiger partial charge in [-0.15, -0.1) is 11.3 Å². The van der Waals surface area contributed by atoms with Crippen LogP contribution in [0.25, 0.3) is 11.3 Å². The summed E-state index contributed by atoms with van der Waals surface area (Å²) in [5, 5.41) is 4.80. The Hall–Kier alpha value is -3.44. The van der Waals surface area contributed by atoms with E-state index in [4.69, 9.17) is 9.47 Å². The van der Waals surface area contributed by atoms with E-state index in [1.165, 1.54) is 29.5 Å². The first-order valence-electron chi connectivity index (χ1n) is 9.89. The van der Waals surface area contributed by atoms with Gasteiger partial charge in [0.1, 0.15) is 4.90 Å². The van der Waals surface area contributed by atoms with Crippen molar-refractivity contribution in [3.63, 3.8) is 0 Å². The van der Waals surface area contributed by atoms with E-state index < -0.39 is 27.9 Å². The fourth-order valence-electron chi connectivity index (χ4n) is 3.53. The van der Waals surface area contributed by atoms with E-state index in [9.17, 15) is 18.0 Å². The van der Waals surface area contributed by atoms with Crippen molar-refractivity contribution in [2.45, 2.75) is 24.8 Å². The molecule has 1 aliphatic heterocycles. The standard InChI is InChI=1S/C22H21N3O6S2/c1-12(2)25-21(27)15-7-5-14(10-19(15)33(25,28)29)20(26)24-22-23-16(11-32-22)13-6-8-17(30-3)18(9-13)31-4/h5-12H,1-4H3,(H,23,24,26). The molecule has 0 radical (unpaired) electrons. The normalized spacial score (nSPS) is 14.3. The van der Waals surface area contributed by atoms with E-state index in [0.717, 1.165) is 9.87 Å². The molecule has 4 rings (SSSR count). The van der Waals surface area contributed by atoms with Gasteiger partial charge in [0.2, 0.25) is 0 Å². The lowest BCUT2D eigenvalue weighted by Gasteiger charge is -2.18. The highest BCUT2D eigenvalue weighted by molar-refractivity contribution is 7.90. The molecule has 1 N–H and O–H groups in total. The van der Waals surface area contributed by atoms with Crippen molar-refractivity contribution < 1.29 is 27.5 Å². The molecule has 0 saturated heterocycles. The van der Waals surface area contributed by atoms with Gasteiger partial charge in [-0.05, 0) is 50.2 Å². The predicted octanol–water partition coefficient (Wildman–Crippen LogP) is 3.63. The Morgan fingerprint density at radius 2 is 1.82 bits per heavy atom. The van der Waals surface area contributed by atoms with Crippen LogP contribution in [0.4, 0.5) is 5.13 Å². The second-order valence-electron chi connectivity index (χ2n) is 7.47. The van der Waals surface area contributed by atoms with E-state index in [0.29, 0.717) is 22.3 Å². The summed E-state index contributed by atoms with van der Waals surface area (Å²) in [6, 6.07) is 8.85. The zero-order chi connectivity index (χ0) is 23.9. The third-order valence-corrected chi connectivity index (χ3v) is 7.84. The smallest absolute Gasteiger partial charge is 0.269 e. The number of amides is 2. The highest BCUT2D eigenvalue weighted by atomic mass is 32.2. The zero-order valence-electron chi connectivity index (χ0n) is 18.3. The molecule has 2 heterocycles. The fourth-order valence-corrected chi connectivity index (χ4v) is 6.04. The maximum absolute atomic E-state index is 12.8. The second-order valence-corrected chi connectivity index (χ2v) is 10.1. The van der Waals surface area contributed by atoms with Crippen LogP contribution in [-0.4, -0.2) is 49.8 Å². The molecule has 2 aromatic carbocycles. The van der Waals surface area contributed by atoms with E-state index in [2.05, 4.69) is 10.3 Å². The van der Waals surface area contributed by atoms with E-state index in [-0.39, 0.29) is 16.0 Å². The van der Waals surface area contributed by atoms with Crippen molar-refractivity contribution in [1.29, 1.82) is 0 Å². The average molecular weight is 488 g/mol. The van der Waals surface area contributed by atoms with E-state index >= 15 is 0 Å². The molecule has 0 bridgehead atoms. The van der Waals surface area contributed by atoms with Gasteiger partial charge in [0.25, 0.3) is 21.8 Å². The Kier molecular flexibility index (Phi) is 5.85. The molecular formula is C22H21N3O6S2.